The molecule has 0 aliphatic carbocycles. The number of ether oxygens (including phenoxy) is 1. The summed E-state index contributed by atoms with van der Waals surface area (Å²) in [5, 5.41) is 3.80. The van der Waals surface area contributed by atoms with Gasteiger partial charge in [-0.3, -0.25) is 0 Å². The average molecular weight is 284 g/mol. The molecule has 21 heavy (non-hydrogen) atoms. The Morgan fingerprint density at radius 1 is 1.14 bits per heavy atom. The van der Waals surface area contributed by atoms with Crippen molar-refractivity contribution in [2.75, 3.05) is 12.8 Å². The molecule has 0 spiro atoms. The molecule has 3 rings (SSSR count). The maximum absolute atomic E-state index is 13.5. The van der Waals surface area contributed by atoms with Crippen LogP contribution in [-0.4, -0.2) is 12.3 Å². The van der Waals surface area contributed by atoms with E-state index in [9.17, 15) is 4.39 Å². The van der Waals surface area contributed by atoms with Crippen molar-refractivity contribution in [1.82, 2.24) is 5.16 Å². The van der Waals surface area contributed by atoms with Crippen molar-refractivity contribution in [3.8, 4) is 28.2 Å². The molecule has 0 aliphatic heterocycles. The summed E-state index contributed by atoms with van der Waals surface area (Å²) in [7, 11) is 1.57. The van der Waals surface area contributed by atoms with Crippen LogP contribution in [0.4, 0.5) is 10.2 Å². The lowest BCUT2D eigenvalue weighted by Gasteiger charge is -2.07. The predicted molar refractivity (Wildman–Crippen MR) is 78.3 cm³/mol. The zero-order chi connectivity index (χ0) is 14.8. The summed E-state index contributed by atoms with van der Waals surface area (Å²) in [5.41, 5.74) is 7.76. The molecule has 0 aliphatic rings. The maximum atomic E-state index is 13.5. The first kappa shape index (κ1) is 13.2. The van der Waals surface area contributed by atoms with Gasteiger partial charge in [0.05, 0.1) is 18.2 Å². The molecule has 4 nitrogen and oxygen atoms in total. The van der Waals surface area contributed by atoms with Crippen molar-refractivity contribution in [1.29, 1.82) is 0 Å². The number of halogens is 1. The SMILES string of the molecule is COc1ccccc1-c1onc(N)c1-c1cccc(F)c1. The first-order valence-corrected chi connectivity index (χ1v) is 6.35. The Balaban J connectivity index is 2.22. The first-order chi connectivity index (χ1) is 10.2. The van der Waals surface area contributed by atoms with Crippen molar-refractivity contribution < 1.29 is 13.7 Å². The van der Waals surface area contributed by atoms with Gasteiger partial charge in [0.1, 0.15) is 11.6 Å². The fourth-order valence-corrected chi connectivity index (χ4v) is 2.24. The van der Waals surface area contributed by atoms with Gasteiger partial charge in [0.15, 0.2) is 11.6 Å². The molecule has 0 amide bonds. The number of para-hydroxylation sites is 1. The van der Waals surface area contributed by atoms with Crippen LogP contribution >= 0.6 is 0 Å². The minimum atomic E-state index is -0.348. The van der Waals surface area contributed by atoms with E-state index in [0.717, 1.165) is 0 Å². The Bertz CT molecular complexity index is 783. The molecule has 106 valence electrons. The molecule has 0 radical (unpaired) electrons. The summed E-state index contributed by atoms with van der Waals surface area (Å²) in [6, 6.07) is 13.5. The van der Waals surface area contributed by atoms with Crippen LogP contribution in [0.3, 0.4) is 0 Å². The average Bonchev–Trinajstić information content (AvgIpc) is 2.88. The van der Waals surface area contributed by atoms with Crippen LogP contribution in [0.25, 0.3) is 22.5 Å². The first-order valence-electron chi connectivity index (χ1n) is 6.35. The molecule has 1 heterocycles. The van der Waals surface area contributed by atoms with Gasteiger partial charge in [0, 0.05) is 0 Å². The lowest BCUT2D eigenvalue weighted by molar-refractivity contribution is 0.407. The fraction of sp³-hybridized carbons (Fsp3) is 0.0625. The molecule has 0 saturated carbocycles. The molecule has 0 saturated heterocycles. The van der Waals surface area contributed by atoms with E-state index in [4.69, 9.17) is 15.0 Å². The number of benzene rings is 2. The fourth-order valence-electron chi connectivity index (χ4n) is 2.24. The second-order valence-electron chi connectivity index (χ2n) is 4.48. The zero-order valence-electron chi connectivity index (χ0n) is 11.3. The third-order valence-corrected chi connectivity index (χ3v) is 3.18. The largest absolute Gasteiger partial charge is 0.496 e. The molecular formula is C16H13FN2O2. The Morgan fingerprint density at radius 2 is 1.95 bits per heavy atom. The Morgan fingerprint density at radius 3 is 2.71 bits per heavy atom. The highest BCUT2D eigenvalue weighted by atomic mass is 19.1. The number of nitrogen functional groups attached to an aromatic ring is 1. The van der Waals surface area contributed by atoms with E-state index in [1.165, 1.54) is 12.1 Å². The quantitative estimate of drug-likeness (QED) is 0.796. The second-order valence-corrected chi connectivity index (χ2v) is 4.48. The lowest BCUT2D eigenvalue weighted by atomic mass is 10.0. The molecule has 0 atom stereocenters. The molecule has 0 bridgehead atoms. The molecular weight excluding hydrogens is 271 g/mol. The monoisotopic (exact) mass is 284 g/mol. The molecule has 0 unspecified atom stereocenters. The van der Waals surface area contributed by atoms with Crippen molar-refractivity contribution in [3.63, 3.8) is 0 Å². The number of anilines is 1. The van der Waals surface area contributed by atoms with Gasteiger partial charge in [-0.05, 0) is 29.8 Å². The standard InChI is InChI=1S/C16H13FN2O2/c1-20-13-8-3-2-7-12(13)15-14(16(18)19-21-15)10-5-4-6-11(17)9-10/h2-9H,1H3,(H2,18,19). The van der Waals surface area contributed by atoms with Crippen molar-refractivity contribution >= 4 is 5.82 Å². The van der Waals surface area contributed by atoms with Gasteiger partial charge in [0.25, 0.3) is 0 Å². The number of methoxy groups -OCH3 is 1. The van der Waals surface area contributed by atoms with E-state index >= 15 is 0 Å². The van der Waals surface area contributed by atoms with Gasteiger partial charge < -0.3 is 15.0 Å². The highest BCUT2D eigenvalue weighted by Gasteiger charge is 2.20. The summed E-state index contributed by atoms with van der Waals surface area (Å²) in [4.78, 5) is 0. The molecule has 0 fully saturated rings. The molecule has 3 aromatic rings. The highest BCUT2D eigenvalue weighted by molar-refractivity contribution is 5.88. The van der Waals surface area contributed by atoms with E-state index in [0.29, 0.717) is 28.2 Å². The van der Waals surface area contributed by atoms with Gasteiger partial charge in [-0.2, -0.15) is 0 Å². The van der Waals surface area contributed by atoms with E-state index in [1.807, 2.05) is 24.3 Å². The van der Waals surface area contributed by atoms with Gasteiger partial charge >= 0.3 is 0 Å². The van der Waals surface area contributed by atoms with Crippen LogP contribution in [0.1, 0.15) is 0 Å². The Kier molecular flexibility index (Phi) is 3.31. The van der Waals surface area contributed by atoms with Gasteiger partial charge in [-0.25, -0.2) is 4.39 Å². The summed E-state index contributed by atoms with van der Waals surface area (Å²) in [5.74, 6) is 0.947. The maximum Gasteiger partial charge on any atom is 0.180 e. The zero-order valence-corrected chi connectivity index (χ0v) is 11.3. The summed E-state index contributed by atoms with van der Waals surface area (Å²) >= 11 is 0. The predicted octanol–water partition coefficient (Wildman–Crippen LogP) is 3.74. The van der Waals surface area contributed by atoms with Gasteiger partial charge in [-0.15, -0.1) is 0 Å². The van der Waals surface area contributed by atoms with E-state index in [2.05, 4.69) is 5.16 Å². The smallest absolute Gasteiger partial charge is 0.180 e. The Hall–Kier alpha value is -2.82. The molecule has 2 aromatic carbocycles. The van der Waals surface area contributed by atoms with Crippen LogP contribution in [0.5, 0.6) is 5.75 Å². The number of nitrogens with two attached hydrogens (primary N) is 1. The summed E-state index contributed by atoms with van der Waals surface area (Å²) < 4.78 is 24.1. The number of hydrogen-bond acceptors (Lipinski definition) is 4. The minimum Gasteiger partial charge on any atom is -0.496 e. The highest BCUT2D eigenvalue weighted by Crippen LogP contribution is 2.40. The number of aromatic nitrogens is 1. The van der Waals surface area contributed by atoms with Crippen LogP contribution < -0.4 is 10.5 Å². The van der Waals surface area contributed by atoms with Crippen LogP contribution in [0, 0.1) is 5.82 Å². The minimum absolute atomic E-state index is 0.210. The van der Waals surface area contributed by atoms with Crippen molar-refractivity contribution in [2.24, 2.45) is 0 Å². The third-order valence-electron chi connectivity index (χ3n) is 3.18. The number of hydrogen-bond donors (Lipinski definition) is 1. The number of nitrogens with zero attached hydrogens (tertiary/aromatic N) is 1. The van der Waals surface area contributed by atoms with Crippen LogP contribution in [0.15, 0.2) is 53.1 Å². The van der Waals surface area contributed by atoms with Gasteiger partial charge in [-0.1, -0.05) is 29.4 Å². The summed E-state index contributed by atoms with van der Waals surface area (Å²) in [6.07, 6.45) is 0. The summed E-state index contributed by atoms with van der Waals surface area (Å²) in [6.45, 7) is 0. The van der Waals surface area contributed by atoms with Crippen molar-refractivity contribution in [3.05, 3.63) is 54.3 Å². The second kappa shape index (κ2) is 5.28. The Labute approximate surface area is 120 Å². The lowest BCUT2D eigenvalue weighted by Crippen LogP contribution is -1.91. The van der Waals surface area contributed by atoms with Crippen LogP contribution in [0.2, 0.25) is 0 Å². The van der Waals surface area contributed by atoms with E-state index < -0.39 is 0 Å². The van der Waals surface area contributed by atoms with E-state index in [-0.39, 0.29) is 11.6 Å². The number of rotatable bonds is 3. The topological polar surface area (TPSA) is 61.3 Å². The van der Waals surface area contributed by atoms with Crippen LogP contribution in [-0.2, 0) is 0 Å². The van der Waals surface area contributed by atoms with Gasteiger partial charge in [0.2, 0.25) is 0 Å². The van der Waals surface area contributed by atoms with E-state index in [1.54, 1.807) is 19.2 Å². The van der Waals surface area contributed by atoms with Crippen molar-refractivity contribution in [2.45, 2.75) is 0 Å². The molecule has 1 aromatic heterocycles. The molecule has 2 N–H and O–H groups in total. The molecule has 5 heteroatoms. The third kappa shape index (κ3) is 2.33. The normalized spacial score (nSPS) is 10.6.